The molecule has 0 saturated heterocycles. The van der Waals surface area contributed by atoms with Crippen LogP contribution in [0.5, 0.6) is 0 Å². The first-order valence-corrected chi connectivity index (χ1v) is 4.74. The topological polar surface area (TPSA) is 0 Å². The van der Waals surface area contributed by atoms with Gasteiger partial charge in [-0.15, -0.1) is 0 Å². The summed E-state index contributed by atoms with van der Waals surface area (Å²) in [5.74, 6) is 0. The Hall–Kier alpha value is -0.780. The first-order valence-electron chi connectivity index (χ1n) is 4.74. The van der Waals surface area contributed by atoms with E-state index in [1.807, 2.05) is 0 Å². The highest BCUT2D eigenvalue weighted by Crippen LogP contribution is 2.07. The van der Waals surface area contributed by atoms with E-state index in [9.17, 15) is 0 Å². The minimum Gasteiger partial charge on any atom is -0.0651 e. The van der Waals surface area contributed by atoms with Crippen LogP contribution < -0.4 is 0 Å². The molecule has 0 aromatic heterocycles. The predicted molar refractivity (Wildman–Crippen MR) is 54.1 cm³/mol. The van der Waals surface area contributed by atoms with Crippen molar-refractivity contribution in [1.29, 1.82) is 0 Å². The molecule has 65 valence electrons. The molecule has 0 N–H and O–H groups in total. The van der Waals surface area contributed by atoms with E-state index >= 15 is 0 Å². The lowest BCUT2D eigenvalue weighted by atomic mass is 10.1. The second-order valence-electron chi connectivity index (χ2n) is 3.17. The van der Waals surface area contributed by atoms with Crippen molar-refractivity contribution in [2.45, 2.75) is 32.6 Å². The van der Waals surface area contributed by atoms with Crippen LogP contribution in [0.4, 0.5) is 0 Å². The normalized spacial score (nSPS) is 10.2. The number of hydrogen-bond donors (Lipinski definition) is 0. The Morgan fingerprint density at radius 3 is 1.92 bits per heavy atom. The molecule has 0 aliphatic heterocycles. The molecular formula is C12H17. The summed E-state index contributed by atoms with van der Waals surface area (Å²) in [5, 5.41) is 0. The number of benzene rings is 1. The van der Waals surface area contributed by atoms with E-state index in [2.05, 4.69) is 38.1 Å². The van der Waals surface area contributed by atoms with E-state index in [0.717, 1.165) is 12.8 Å². The molecule has 12 heavy (non-hydrogen) atoms. The summed E-state index contributed by atoms with van der Waals surface area (Å²) in [5.41, 5.74) is 2.86. The van der Waals surface area contributed by atoms with Crippen molar-refractivity contribution in [3.63, 3.8) is 0 Å². The van der Waals surface area contributed by atoms with Gasteiger partial charge in [-0.25, -0.2) is 0 Å². The summed E-state index contributed by atoms with van der Waals surface area (Å²) >= 11 is 0. The summed E-state index contributed by atoms with van der Waals surface area (Å²) in [6, 6.07) is 8.90. The van der Waals surface area contributed by atoms with Gasteiger partial charge in [0.2, 0.25) is 0 Å². The smallest absolute Gasteiger partial charge is 0.0279 e. The Balaban J connectivity index is 2.58. The van der Waals surface area contributed by atoms with Gasteiger partial charge < -0.3 is 0 Å². The molecule has 0 aliphatic rings. The van der Waals surface area contributed by atoms with Gasteiger partial charge in [0.15, 0.2) is 0 Å². The maximum Gasteiger partial charge on any atom is -0.0279 e. The fourth-order valence-electron chi connectivity index (χ4n) is 1.37. The fourth-order valence-corrected chi connectivity index (χ4v) is 1.37. The standard InChI is InChI=1S/C12H17/c1-3-5-11-7-9-12(6-4-2)10-8-11/h7-10H,1,3-6H2,2H3. The summed E-state index contributed by atoms with van der Waals surface area (Å²) in [7, 11) is 0. The lowest BCUT2D eigenvalue weighted by Gasteiger charge is -2.00. The molecule has 0 aliphatic carbocycles. The van der Waals surface area contributed by atoms with Crippen LogP contribution in [0, 0.1) is 6.92 Å². The predicted octanol–water partition coefficient (Wildman–Crippen LogP) is 3.41. The molecule has 0 unspecified atom stereocenters. The molecule has 1 radical (unpaired) electrons. The Bertz CT molecular complexity index is 183. The second kappa shape index (κ2) is 4.97. The van der Waals surface area contributed by atoms with E-state index < -0.39 is 0 Å². The zero-order valence-electron chi connectivity index (χ0n) is 7.84. The third-order valence-electron chi connectivity index (χ3n) is 2.03. The summed E-state index contributed by atoms with van der Waals surface area (Å²) < 4.78 is 0. The molecule has 0 heterocycles. The Labute approximate surface area is 75.6 Å². The van der Waals surface area contributed by atoms with Gasteiger partial charge in [-0.2, -0.15) is 0 Å². The van der Waals surface area contributed by atoms with Gasteiger partial charge in [0.1, 0.15) is 0 Å². The first-order chi connectivity index (χ1) is 5.86. The van der Waals surface area contributed by atoms with E-state index in [0.29, 0.717) is 0 Å². The lowest BCUT2D eigenvalue weighted by molar-refractivity contribution is 0.917. The van der Waals surface area contributed by atoms with E-state index in [1.54, 1.807) is 0 Å². The van der Waals surface area contributed by atoms with Crippen LogP contribution >= 0.6 is 0 Å². The van der Waals surface area contributed by atoms with Crippen LogP contribution in [0.3, 0.4) is 0 Å². The van der Waals surface area contributed by atoms with E-state index in [4.69, 9.17) is 0 Å². The zero-order chi connectivity index (χ0) is 8.81. The van der Waals surface area contributed by atoms with Gasteiger partial charge in [0.25, 0.3) is 0 Å². The SMILES string of the molecule is [CH2]CCc1ccc(CCC)cc1. The molecule has 0 saturated carbocycles. The third-order valence-corrected chi connectivity index (χ3v) is 2.03. The molecule has 0 atom stereocenters. The minimum absolute atomic E-state index is 0.993. The lowest BCUT2D eigenvalue weighted by Crippen LogP contribution is -1.86. The molecule has 0 heteroatoms. The first kappa shape index (κ1) is 9.31. The Morgan fingerprint density at radius 2 is 1.50 bits per heavy atom. The highest BCUT2D eigenvalue weighted by atomic mass is 14.0. The monoisotopic (exact) mass is 161 g/mol. The zero-order valence-corrected chi connectivity index (χ0v) is 7.84. The fraction of sp³-hybridized carbons (Fsp3) is 0.417. The van der Waals surface area contributed by atoms with Gasteiger partial charge in [-0.1, -0.05) is 44.5 Å². The second-order valence-corrected chi connectivity index (χ2v) is 3.17. The Kier molecular flexibility index (Phi) is 3.86. The molecule has 1 rings (SSSR count). The Morgan fingerprint density at radius 1 is 1.00 bits per heavy atom. The largest absolute Gasteiger partial charge is 0.0651 e. The van der Waals surface area contributed by atoms with Gasteiger partial charge >= 0.3 is 0 Å². The van der Waals surface area contributed by atoms with Gasteiger partial charge in [-0.3, -0.25) is 0 Å². The van der Waals surface area contributed by atoms with Gasteiger partial charge in [-0.05, 0) is 30.4 Å². The number of rotatable bonds is 4. The maximum absolute atomic E-state index is 3.84. The molecule has 0 amide bonds. The highest BCUT2D eigenvalue weighted by molar-refractivity contribution is 5.22. The molecule has 1 aromatic rings. The molecule has 0 bridgehead atoms. The van der Waals surface area contributed by atoms with Crippen LogP contribution in [-0.4, -0.2) is 0 Å². The highest BCUT2D eigenvalue weighted by Gasteiger charge is 1.92. The van der Waals surface area contributed by atoms with Crippen molar-refractivity contribution in [3.05, 3.63) is 42.3 Å². The van der Waals surface area contributed by atoms with Crippen LogP contribution in [0.25, 0.3) is 0 Å². The average Bonchev–Trinajstić information content (AvgIpc) is 2.09. The van der Waals surface area contributed by atoms with Crippen molar-refractivity contribution in [2.24, 2.45) is 0 Å². The molecule has 0 nitrogen and oxygen atoms in total. The van der Waals surface area contributed by atoms with Crippen LogP contribution in [-0.2, 0) is 12.8 Å². The third kappa shape index (κ3) is 2.69. The van der Waals surface area contributed by atoms with Crippen molar-refractivity contribution >= 4 is 0 Å². The number of hydrogen-bond acceptors (Lipinski definition) is 0. The summed E-state index contributed by atoms with van der Waals surface area (Å²) in [4.78, 5) is 0. The molecular weight excluding hydrogens is 144 g/mol. The molecule has 1 aromatic carbocycles. The van der Waals surface area contributed by atoms with Crippen LogP contribution in [0.1, 0.15) is 30.9 Å². The maximum atomic E-state index is 3.84. The van der Waals surface area contributed by atoms with Gasteiger partial charge in [0.05, 0.1) is 0 Å². The average molecular weight is 161 g/mol. The molecule has 0 fully saturated rings. The quantitative estimate of drug-likeness (QED) is 0.635. The van der Waals surface area contributed by atoms with Crippen molar-refractivity contribution in [1.82, 2.24) is 0 Å². The molecule has 0 spiro atoms. The minimum atomic E-state index is 0.993. The summed E-state index contributed by atoms with van der Waals surface area (Å²) in [6.07, 6.45) is 4.53. The van der Waals surface area contributed by atoms with E-state index in [1.165, 1.54) is 24.0 Å². The van der Waals surface area contributed by atoms with Crippen molar-refractivity contribution < 1.29 is 0 Å². The van der Waals surface area contributed by atoms with Crippen molar-refractivity contribution in [3.8, 4) is 0 Å². The van der Waals surface area contributed by atoms with Crippen LogP contribution in [0.15, 0.2) is 24.3 Å². The van der Waals surface area contributed by atoms with Crippen LogP contribution in [0.2, 0.25) is 0 Å². The summed E-state index contributed by atoms with van der Waals surface area (Å²) in [6.45, 7) is 6.05. The van der Waals surface area contributed by atoms with Crippen molar-refractivity contribution in [2.75, 3.05) is 0 Å². The number of aryl methyl sites for hydroxylation is 2. The van der Waals surface area contributed by atoms with Gasteiger partial charge in [0, 0.05) is 0 Å². The van der Waals surface area contributed by atoms with E-state index in [-0.39, 0.29) is 0 Å².